The van der Waals surface area contributed by atoms with Crippen LogP contribution in [0.5, 0.6) is 0 Å². The lowest BCUT2D eigenvalue weighted by molar-refractivity contribution is 0.0660. The van der Waals surface area contributed by atoms with Gasteiger partial charge in [-0.15, -0.1) is 0 Å². The summed E-state index contributed by atoms with van der Waals surface area (Å²) in [6.07, 6.45) is 5.36. The van der Waals surface area contributed by atoms with Crippen molar-refractivity contribution in [3.63, 3.8) is 0 Å². The molecule has 116 valence electrons. The van der Waals surface area contributed by atoms with E-state index in [-0.39, 0.29) is 18.3 Å². The fourth-order valence-electron chi connectivity index (χ4n) is 2.75. The minimum Gasteiger partial charge on any atom is -0.475 e. The molecule has 2 heterocycles. The maximum atomic E-state index is 12.3. The van der Waals surface area contributed by atoms with Crippen LogP contribution in [0.25, 0.3) is 0 Å². The van der Waals surface area contributed by atoms with Gasteiger partial charge in [-0.25, -0.2) is 9.59 Å². The second-order valence-electron chi connectivity index (χ2n) is 5.36. The second kappa shape index (κ2) is 7.15. The summed E-state index contributed by atoms with van der Waals surface area (Å²) in [5.41, 5.74) is 0. The molecule has 1 aromatic rings. The summed E-state index contributed by atoms with van der Waals surface area (Å²) >= 11 is 0. The third kappa shape index (κ3) is 4.00. The molecule has 0 radical (unpaired) electrons. The molecule has 1 aliphatic rings. The van der Waals surface area contributed by atoms with Gasteiger partial charge in [0.15, 0.2) is 0 Å². The molecule has 0 aromatic carbocycles. The Morgan fingerprint density at radius 3 is 2.90 bits per heavy atom. The molecular weight excluding hydrogens is 272 g/mol. The number of hydrogen-bond donors (Lipinski definition) is 2. The molecule has 6 heteroatoms. The maximum absolute atomic E-state index is 12.3. The van der Waals surface area contributed by atoms with Gasteiger partial charge in [0.2, 0.25) is 5.76 Å². The van der Waals surface area contributed by atoms with Crippen molar-refractivity contribution in [2.45, 2.75) is 51.6 Å². The molecule has 2 rings (SSSR count). The zero-order valence-electron chi connectivity index (χ0n) is 12.3. The van der Waals surface area contributed by atoms with Crippen LogP contribution in [0.2, 0.25) is 0 Å². The van der Waals surface area contributed by atoms with Gasteiger partial charge < -0.3 is 19.7 Å². The molecule has 0 bridgehead atoms. The Hall–Kier alpha value is -1.98. The van der Waals surface area contributed by atoms with E-state index in [0.717, 1.165) is 32.2 Å². The molecular formula is C15H22N2O4. The molecule has 0 spiro atoms. The summed E-state index contributed by atoms with van der Waals surface area (Å²) in [5, 5.41) is 11.6. The van der Waals surface area contributed by atoms with Gasteiger partial charge in [0.25, 0.3) is 0 Å². The fraction of sp³-hybridized carbons (Fsp3) is 0.600. The number of furan rings is 1. The van der Waals surface area contributed by atoms with Crippen LogP contribution in [-0.4, -0.2) is 34.6 Å². The van der Waals surface area contributed by atoms with Crippen LogP contribution in [0, 0.1) is 0 Å². The van der Waals surface area contributed by atoms with Crippen LogP contribution in [0.1, 0.15) is 55.3 Å². The first-order valence-corrected chi connectivity index (χ1v) is 7.48. The van der Waals surface area contributed by atoms with Crippen molar-refractivity contribution in [1.82, 2.24) is 10.2 Å². The van der Waals surface area contributed by atoms with E-state index in [1.54, 1.807) is 6.07 Å². The highest BCUT2D eigenvalue weighted by Gasteiger charge is 2.25. The number of carbonyl (C=O) groups excluding carboxylic acids is 1. The van der Waals surface area contributed by atoms with Gasteiger partial charge in [0, 0.05) is 12.6 Å². The molecule has 6 nitrogen and oxygen atoms in total. The van der Waals surface area contributed by atoms with E-state index < -0.39 is 5.97 Å². The average Bonchev–Trinajstić information content (AvgIpc) is 2.95. The van der Waals surface area contributed by atoms with Crippen LogP contribution >= 0.6 is 0 Å². The Kier molecular flexibility index (Phi) is 5.25. The number of piperidine rings is 1. The van der Waals surface area contributed by atoms with Crippen molar-refractivity contribution in [2.24, 2.45) is 0 Å². The summed E-state index contributed by atoms with van der Waals surface area (Å²) in [4.78, 5) is 24.9. The van der Waals surface area contributed by atoms with Crippen LogP contribution in [0.15, 0.2) is 16.5 Å². The van der Waals surface area contributed by atoms with Gasteiger partial charge in [-0.3, -0.25) is 0 Å². The summed E-state index contributed by atoms with van der Waals surface area (Å²) in [5.74, 6) is -0.766. The Bertz CT molecular complexity index is 496. The molecule has 1 atom stereocenters. The highest BCUT2D eigenvalue weighted by atomic mass is 16.4. The quantitative estimate of drug-likeness (QED) is 0.874. The smallest absolute Gasteiger partial charge is 0.371 e. The fourth-order valence-corrected chi connectivity index (χ4v) is 2.75. The summed E-state index contributed by atoms with van der Waals surface area (Å²) in [7, 11) is 0. The first kappa shape index (κ1) is 15.4. The zero-order valence-corrected chi connectivity index (χ0v) is 12.3. The highest BCUT2D eigenvalue weighted by Crippen LogP contribution is 2.20. The minimum absolute atomic E-state index is 0.0959. The lowest BCUT2D eigenvalue weighted by Crippen LogP contribution is -2.48. The number of nitrogens with one attached hydrogen (secondary N) is 1. The van der Waals surface area contributed by atoms with Crippen molar-refractivity contribution in [3.05, 3.63) is 23.7 Å². The number of urea groups is 1. The van der Waals surface area contributed by atoms with Crippen molar-refractivity contribution < 1.29 is 19.1 Å². The standard InChI is InChI=1S/C15H22N2O4/c1-2-5-11-6-3-4-9-17(11)15(20)16-10-12-7-8-13(21-12)14(18)19/h7-8,11H,2-6,9-10H2,1H3,(H,16,20)(H,18,19). The van der Waals surface area contributed by atoms with Crippen molar-refractivity contribution in [3.8, 4) is 0 Å². The van der Waals surface area contributed by atoms with Crippen molar-refractivity contribution in [2.75, 3.05) is 6.54 Å². The number of carboxylic acids is 1. The first-order chi connectivity index (χ1) is 10.1. The molecule has 1 unspecified atom stereocenters. The van der Waals surface area contributed by atoms with E-state index in [0.29, 0.717) is 11.8 Å². The third-order valence-electron chi connectivity index (χ3n) is 3.80. The summed E-state index contributed by atoms with van der Waals surface area (Å²) in [6, 6.07) is 3.19. The molecule has 1 aliphatic heterocycles. The SMILES string of the molecule is CCCC1CCCCN1C(=O)NCc1ccc(C(=O)O)o1. The van der Waals surface area contributed by atoms with E-state index in [2.05, 4.69) is 12.2 Å². The molecule has 21 heavy (non-hydrogen) atoms. The maximum Gasteiger partial charge on any atom is 0.371 e. The number of aromatic carboxylic acids is 1. The van der Waals surface area contributed by atoms with E-state index in [9.17, 15) is 9.59 Å². The molecule has 1 saturated heterocycles. The normalized spacial score (nSPS) is 18.5. The Balaban J connectivity index is 1.88. The van der Waals surface area contributed by atoms with Crippen molar-refractivity contribution in [1.29, 1.82) is 0 Å². The third-order valence-corrected chi connectivity index (χ3v) is 3.80. The molecule has 0 aliphatic carbocycles. The Morgan fingerprint density at radius 2 is 2.24 bits per heavy atom. The molecule has 1 fully saturated rings. The molecule has 2 N–H and O–H groups in total. The van der Waals surface area contributed by atoms with Gasteiger partial charge in [-0.05, 0) is 37.8 Å². The highest BCUT2D eigenvalue weighted by molar-refractivity contribution is 5.84. The number of hydrogen-bond acceptors (Lipinski definition) is 3. The van der Waals surface area contributed by atoms with Crippen LogP contribution in [-0.2, 0) is 6.54 Å². The van der Waals surface area contributed by atoms with Gasteiger partial charge in [-0.1, -0.05) is 13.3 Å². The largest absolute Gasteiger partial charge is 0.475 e. The lowest BCUT2D eigenvalue weighted by Gasteiger charge is -2.35. The minimum atomic E-state index is -1.10. The van der Waals surface area contributed by atoms with E-state index >= 15 is 0 Å². The van der Waals surface area contributed by atoms with Crippen LogP contribution in [0.4, 0.5) is 4.79 Å². The molecule has 0 saturated carbocycles. The number of nitrogens with zero attached hydrogens (tertiary/aromatic N) is 1. The summed E-state index contributed by atoms with van der Waals surface area (Å²) < 4.78 is 5.12. The monoisotopic (exact) mass is 294 g/mol. The predicted octanol–water partition coefficient (Wildman–Crippen LogP) is 2.84. The Labute approximate surface area is 124 Å². The number of amides is 2. The van der Waals surface area contributed by atoms with Gasteiger partial charge in [0.05, 0.1) is 6.54 Å². The van der Waals surface area contributed by atoms with Gasteiger partial charge in [0.1, 0.15) is 5.76 Å². The number of carbonyl (C=O) groups is 2. The Morgan fingerprint density at radius 1 is 1.43 bits per heavy atom. The number of rotatable bonds is 5. The number of carboxylic acid groups (broad SMARTS) is 1. The van der Waals surface area contributed by atoms with E-state index in [1.165, 1.54) is 12.5 Å². The number of likely N-dealkylation sites (tertiary alicyclic amines) is 1. The van der Waals surface area contributed by atoms with Crippen LogP contribution < -0.4 is 5.32 Å². The van der Waals surface area contributed by atoms with Gasteiger partial charge >= 0.3 is 12.0 Å². The van der Waals surface area contributed by atoms with Crippen molar-refractivity contribution >= 4 is 12.0 Å². The first-order valence-electron chi connectivity index (χ1n) is 7.48. The topological polar surface area (TPSA) is 82.8 Å². The predicted molar refractivity (Wildman–Crippen MR) is 77.2 cm³/mol. The zero-order chi connectivity index (χ0) is 15.2. The average molecular weight is 294 g/mol. The van der Waals surface area contributed by atoms with Crippen LogP contribution in [0.3, 0.4) is 0 Å². The molecule has 1 aromatic heterocycles. The van der Waals surface area contributed by atoms with E-state index in [4.69, 9.17) is 9.52 Å². The lowest BCUT2D eigenvalue weighted by atomic mass is 9.99. The second-order valence-corrected chi connectivity index (χ2v) is 5.36. The van der Waals surface area contributed by atoms with Gasteiger partial charge in [-0.2, -0.15) is 0 Å². The molecule has 2 amide bonds. The van der Waals surface area contributed by atoms with E-state index in [1.807, 2.05) is 4.90 Å². The summed E-state index contributed by atoms with van der Waals surface area (Å²) in [6.45, 7) is 3.12.